The third-order valence-corrected chi connectivity index (χ3v) is 6.92. The van der Waals surface area contributed by atoms with Crippen LogP contribution in [0.4, 0.5) is 0 Å². The Balaban J connectivity index is 1.36. The number of aromatic nitrogens is 1. The minimum atomic E-state index is -0.569. The maximum atomic E-state index is 12.9. The lowest BCUT2D eigenvalue weighted by atomic mass is 9.83. The van der Waals surface area contributed by atoms with E-state index >= 15 is 0 Å². The lowest BCUT2D eigenvalue weighted by molar-refractivity contribution is -0.124. The molecule has 4 rings (SSSR count). The second-order valence-electron chi connectivity index (χ2n) is 9.41. The summed E-state index contributed by atoms with van der Waals surface area (Å²) in [6.07, 6.45) is 7.65. The van der Waals surface area contributed by atoms with E-state index in [1.54, 1.807) is 31.4 Å². The first-order chi connectivity index (χ1) is 18.0. The maximum Gasteiger partial charge on any atom is 0.287 e. The molecule has 0 aliphatic heterocycles. The fraction of sp³-hybridized carbons (Fsp3) is 0.379. The van der Waals surface area contributed by atoms with Gasteiger partial charge in [-0.15, -0.1) is 0 Å². The molecule has 1 fully saturated rings. The van der Waals surface area contributed by atoms with Crippen molar-refractivity contribution in [3.63, 3.8) is 0 Å². The molecule has 1 saturated carbocycles. The van der Waals surface area contributed by atoms with Crippen molar-refractivity contribution in [1.29, 1.82) is 0 Å². The molecular weight excluding hydrogens is 468 g/mol. The fourth-order valence-electron chi connectivity index (χ4n) is 4.73. The number of aryl methyl sites for hydroxylation is 1. The normalized spacial score (nSPS) is 14.5. The minimum Gasteiger partial charge on any atom is -0.451 e. The molecule has 194 valence electrons. The van der Waals surface area contributed by atoms with Crippen LogP contribution in [0.15, 0.2) is 59.1 Å². The van der Waals surface area contributed by atoms with E-state index in [2.05, 4.69) is 20.9 Å². The highest BCUT2D eigenvalue weighted by molar-refractivity contribution is 5.96. The van der Waals surface area contributed by atoms with E-state index < -0.39 is 11.9 Å². The standard InChI is InChI=1S/C29H34N4O4/c1-3-19-15-16-31-23(17-19)27(34)32-18-20-9-11-21(12-10-20)24-13-14-25(37-24)28(35)33-26(29(36)30-2)22-7-5-4-6-8-22/h9-17,22,26H,3-8,18H2,1-2H3,(H,30,36)(H,32,34)(H,33,35). The largest absolute Gasteiger partial charge is 0.451 e. The van der Waals surface area contributed by atoms with Crippen molar-refractivity contribution in [3.05, 3.63) is 77.3 Å². The van der Waals surface area contributed by atoms with E-state index in [9.17, 15) is 14.4 Å². The average molecular weight is 503 g/mol. The molecule has 8 heteroatoms. The van der Waals surface area contributed by atoms with Gasteiger partial charge >= 0.3 is 0 Å². The van der Waals surface area contributed by atoms with Gasteiger partial charge in [-0.05, 0) is 60.6 Å². The topological polar surface area (TPSA) is 113 Å². The van der Waals surface area contributed by atoms with E-state index in [1.807, 2.05) is 37.3 Å². The second kappa shape index (κ2) is 12.3. The van der Waals surface area contributed by atoms with Crippen molar-refractivity contribution in [2.45, 2.75) is 58.0 Å². The molecule has 3 amide bonds. The molecule has 2 heterocycles. The zero-order valence-corrected chi connectivity index (χ0v) is 21.4. The van der Waals surface area contributed by atoms with Crippen LogP contribution in [-0.2, 0) is 17.8 Å². The van der Waals surface area contributed by atoms with E-state index in [4.69, 9.17) is 4.42 Å². The predicted molar refractivity (Wildman–Crippen MR) is 141 cm³/mol. The van der Waals surface area contributed by atoms with Crippen LogP contribution in [0.25, 0.3) is 11.3 Å². The first-order valence-corrected chi connectivity index (χ1v) is 12.9. The lowest BCUT2D eigenvalue weighted by Crippen LogP contribution is -2.50. The molecule has 1 aliphatic carbocycles. The number of pyridine rings is 1. The summed E-state index contributed by atoms with van der Waals surface area (Å²) in [4.78, 5) is 41.9. The number of nitrogens with one attached hydrogen (secondary N) is 3. The summed E-state index contributed by atoms with van der Waals surface area (Å²) in [6, 6.07) is 14.1. The van der Waals surface area contributed by atoms with Crippen LogP contribution in [0.2, 0.25) is 0 Å². The monoisotopic (exact) mass is 502 g/mol. The summed E-state index contributed by atoms with van der Waals surface area (Å²) in [7, 11) is 1.59. The molecule has 1 atom stereocenters. The Morgan fingerprint density at radius 2 is 1.73 bits per heavy atom. The maximum absolute atomic E-state index is 12.9. The number of rotatable bonds is 9. The summed E-state index contributed by atoms with van der Waals surface area (Å²) >= 11 is 0. The average Bonchev–Trinajstić information content (AvgIpc) is 3.45. The van der Waals surface area contributed by atoms with E-state index in [-0.39, 0.29) is 23.5 Å². The second-order valence-corrected chi connectivity index (χ2v) is 9.41. The summed E-state index contributed by atoms with van der Waals surface area (Å²) in [5.74, 6) is 0.0539. The van der Waals surface area contributed by atoms with Gasteiger partial charge < -0.3 is 20.4 Å². The molecule has 2 aromatic heterocycles. The Hall–Kier alpha value is -3.94. The summed E-state index contributed by atoms with van der Waals surface area (Å²) in [6.45, 7) is 2.40. The molecule has 1 unspecified atom stereocenters. The van der Waals surface area contributed by atoms with Gasteiger partial charge in [0.25, 0.3) is 11.8 Å². The first-order valence-electron chi connectivity index (χ1n) is 12.9. The number of hydrogen-bond acceptors (Lipinski definition) is 5. The highest BCUT2D eigenvalue weighted by Gasteiger charge is 2.31. The molecule has 37 heavy (non-hydrogen) atoms. The highest BCUT2D eigenvalue weighted by atomic mass is 16.4. The SMILES string of the molecule is CCc1ccnc(C(=O)NCc2ccc(-c3ccc(C(=O)NC(C(=O)NC)C4CCCCC4)o3)cc2)c1. The minimum absolute atomic E-state index is 0.131. The van der Waals surface area contributed by atoms with Gasteiger partial charge in [0, 0.05) is 25.4 Å². The van der Waals surface area contributed by atoms with E-state index in [0.717, 1.165) is 48.8 Å². The molecule has 1 aromatic carbocycles. The van der Waals surface area contributed by atoms with Gasteiger partial charge in [-0.2, -0.15) is 0 Å². The van der Waals surface area contributed by atoms with Gasteiger partial charge in [0.2, 0.25) is 5.91 Å². The summed E-state index contributed by atoms with van der Waals surface area (Å²) in [5.41, 5.74) is 3.20. The van der Waals surface area contributed by atoms with Gasteiger partial charge in [0.05, 0.1) is 0 Å². The zero-order chi connectivity index (χ0) is 26.2. The zero-order valence-electron chi connectivity index (χ0n) is 21.4. The number of likely N-dealkylation sites (N-methyl/N-ethyl adjacent to an activating group) is 1. The van der Waals surface area contributed by atoms with Crippen molar-refractivity contribution in [2.24, 2.45) is 5.92 Å². The van der Waals surface area contributed by atoms with Crippen LogP contribution in [0, 0.1) is 5.92 Å². The number of carbonyl (C=O) groups is 3. The fourth-order valence-corrected chi connectivity index (χ4v) is 4.73. The Bertz CT molecular complexity index is 1230. The summed E-state index contributed by atoms with van der Waals surface area (Å²) < 4.78 is 5.83. The van der Waals surface area contributed by atoms with Crippen molar-refractivity contribution >= 4 is 17.7 Å². The van der Waals surface area contributed by atoms with Crippen molar-refractivity contribution in [1.82, 2.24) is 20.9 Å². The smallest absolute Gasteiger partial charge is 0.287 e. The van der Waals surface area contributed by atoms with Gasteiger partial charge in [0.1, 0.15) is 17.5 Å². The number of nitrogens with zero attached hydrogens (tertiary/aromatic N) is 1. The van der Waals surface area contributed by atoms with E-state index in [0.29, 0.717) is 18.0 Å². The highest BCUT2D eigenvalue weighted by Crippen LogP contribution is 2.27. The van der Waals surface area contributed by atoms with Crippen LogP contribution < -0.4 is 16.0 Å². The third kappa shape index (κ3) is 6.64. The first kappa shape index (κ1) is 26.1. The molecule has 0 bridgehead atoms. The number of amides is 3. The number of benzene rings is 1. The van der Waals surface area contributed by atoms with Crippen molar-refractivity contribution in [3.8, 4) is 11.3 Å². The number of furan rings is 1. The van der Waals surface area contributed by atoms with Crippen LogP contribution in [0.3, 0.4) is 0 Å². The van der Waals surface area contributed by atoms with Crippen LogP contribution >= 0.6 is 0 Å². The molecule has 3 N–H and O–H groups in total. The van der Waals surface area contributed by atoms with Crippen LogP contribution in [0.1, 0.15) is 71.2 Å². The molecule has 1 aliphatic rings. The number of hydrogen-bond donors (Lipinski definition) is 3. The Morgan fingerprint density at radius 3 is 2.43 bits per heavy atom. The van der Waals surface area contributed by atoms with Crippen LogP contribution in [-0.4, -0.2) is 35.8 Å². The molecular formula is C29H34N4O4. The van der Waals surface area contributed by atoms with E-state index in [1.165, 1.54) is 6.42 Å². The quantitative estimate of drug-likeness (QED) is 0.405. The Kier molecular flexibility index (Phi) is 8.72. The van der Waals surface area contributed by atoms with Gasteiger partial charge in [0.15, 0.2) is 5.76 Å². The molecule has 0 saturated heterocycles. The van der Waals surface area contributed by atoms with Gasteiger partial charge in [-0.1, -0.05) is 50.5 Å². The molecule has 0 spiro atoms. The molecule has 0 radical (unpaired) electrons. The molecule has 8 nitrogen and oxygen atoms in total. The lowest BCUT2D eigenvalue weighted by Gasteiger charge is -2.29. The van der Waals surface area contributed by atoms with Gasteiger partial charge in [-0.25, -0.2) is 0 Å². The summed E-state index contributed by atoms with van der Waals surface area (Å²) in [5, 5.41) is 8.45. The van der Waals surface area contributed by atoms with Gasteiger partial charge in [-0.3, -0.25) is 19.4 Å². The Labute approximate surface area is 217 Å². The molecule has 3 aromatic rings. The predicted octanol–water partition coefficient (Wildman–Crippen LogP) is 4.26. The van der Waals surface area contributed by atoms with Crippen molar-refractivity contribution in [2.75, 3.05) is 7.05 Å². The van der Waals surface area contributed by atoms with Crippen LogP contribution in [0.5, 0.6) is 0 Å². The van der Waals surface area contributed by atoms with Crippen molar-refractivity contribution < 1.29 is 18.8 Å². The Morgan fingerprint density at radius 1 is 0.973 bits per heavy atom. The number of carbonyl (C=O) groups excluding carboxylic acids is 3. The third-order valence-electron chi connectivity index (χ3n) is 6.92.